The van der Waals surface area contributed by atoms with Crippen LogP contribution in [0.4, 0.5) is 0 Å². The standard InChI is InChI=1S/C21H20O9/c1-9-6-14(25)17(26)21(28-9)30-20-18(27)16-13(24)7-12(23)8-15(16)29-19(20)10-2-4-11(22)5-3-10/h2-5,7-9,14,17,21-26H,6H2,1H3/t9?,14?,17?,21-/m0/s1. The molecular weight excluding hydrogens is 396 g/mol. The smallest absolute Gasteiger partial charge is 0.239 e. The Hall–Kier alpha value is -3.27. The zero-order valence-electron chi connectivity index (χ0n) is 15.8. The maximum Gasteiger partial charge on any atom is 0.239 e. The molecule has 1 aliphatic rings. The highest BCUT2D eigenvalue weighted by atomic mass is 16.7. The fraction of sp³-hybridized carbons (Fsp3) is 0.286. The van der Waals surface area contributed by atoms with Crippen LogP contribution in [-0.2, 0) is 4.74 Å². The normalized spacial score (nSPS) is 24.1. The molecular formula is C21H20O9. The van der Waals surface area contributed by atoms with Crippen molar-refractivity contribution in [1.29, 1.82) is 0 Å². The molecule has 9 heteroatoms. The molecule has 1 fully saturated rings. The Kier molecular flexibility index (Phi) is 5.02. The van der Waals surface area contributed by atoms with Crippen LogP contribution in [0.3, 0.4) is 0 Å². The van der Waals surface area contributed by atoms with E-state index < -0.39 is 35.8 Å². The van der Waals surface area contributed by atoms with Crippen LogP contribution in [-0.4, -0.2) is 50.1 Å². The molecule has 0 aliphatic carbocycles. The Morgan fingerprint density at radius 2 is 1.73 bits per heavy atom. The van der Waals surface area contributed by atoms with Crippen molar-refractivity contribution in [2.45, 2.75) is 37.9 Å². The molecule has 2 heterocycles. The third kappa shape index (κ3) is 3.54. The average Bonchev–Trinajstić information content (AvgIpc) is 2.67. The van der Waals surface area contributed by atoms with E-state index in [0.717, 1.165) is 6.07 Å². The molecule has 3 unspecified atom stereocenters. The van der Waals surface area contributed by atoms with Crippen molar-refractivity contribution >= 4 is 11.0 Å². The molecule has 0 radical (unpaired) electrons. The number of hydrogen-bond acceptors (Lipinski definition) is 9. The van der Waals surface area contributed by atoms with Crippen LogP contribution in [0.2, 0.25) is 0 Å². The first kappa shape index (κ1) is 20.0. The van der Waals surface area contributed by atoms with Crippen molar-refractivity contribution in [3.8, 4) is 34.3 Å². The van der Waals surface area contributed by atoms with E-state index in [-0.39, 0.29) is 40.4 Å². The molecule has 158 valence electrons. The number of aliphatic hydroxyl groups excluding tert-OH is 2. The second-order valence-corrected chi connectivity index (χ2v) is 7.20. The number of aliphatic hydroxyl groups is 2. The van der Waals surface area contributed by atoms with E-state index >= 15 is 0 Å². The summed E-state index contributed by atoms with van der Waals surface area (Å²) in [6.45, 7) is 1.68. The first-order valence-corrected chi connectivity index (χ1v) is 9.25. The summed E-state index contributed by atoms with van der Waals surface area (Å²) in [6.07, 6.45) is -4.15. The number of hydrogen-bond donors (Lipinski definition) is 5. The molecule has 4 rings (SSSR count). The van der Waals surface area contributed by atoms with Gasteiger partial charge in [0.05, 0.1) is 12.2 Å². The Bertz CT molecular complexity index is 1140. The zero-order valence-corrected chi connectivity index (χ0v) is 15.8. The molecule has 1 aromatic heterocycles. The van der Waals surface area contributed by atoms with Gasteiger partial charge in [-0.05, 0) is 31.2 Å². The van der Waals surface area contributed by atoms with Gasteiger partial charge in [-0.15, -0.1) is 0 Å². The number of aromatic hydroxyl groups is 3. The Morgan fingerprint density at radius 3 is 2.43 bits per heavy atom. The van der Waals surface area contributed by atoms with E-state index in [9.17, 15) is 30.3 Å². The SMILES string of the molecule is CC1CC(O)C(O)[C@H](Oc2c(-c3ccc(O)cc3)oc3cc(O)cc(O)c3c2=O)O1. The van der Waals surface area contributed by atoms with E-state index in [1.54, 1.807) is 6.92 Å². The minimum Gasteiger partial charge on any atom is -0.508 e. The number of benzene rings is 2. The van der Waals surface area contributed by atoms with Crippen molar-refractivity contribution in [3.63, 3.8) is 0 Å². The quantitative estimate of drug-likeness (QED) is 0.431. The second kappa shape index (κ2) is 7.52. The van der Waals surface area contributed by atoms with E-state index in [0.29, 0.717) is 5.56 Å². The maximum atomic E-state index is 13.2. The minimum absolute atomic E-state index is 0.0115. The Balaban J connectivity index is 1.91. The molecule has 3 aromatic rings. The molecule has 9 nitrogen and oxygen atoms in total. The van der Waals surface area contributed by atoms with Gasteiger partial charge in [0.1, 0.15) is 34.3 Å². The van der Waals surface area contributed by atoms with Crippen LogP contribution >= 0.6 is 0 Å². The minimum atomic E-state index is -1.42. The molecule has 0 spiro atoms. The summed E-state index contributed by atoms with van der Waals surface area (Å²) < 4.78 is 17.0. The predicted octanol–water partition coefficient (Wildman–Crippen LogP) is 1.81. The summed E-state index contributed by atoms with van der Waals surface area (Å²) in [5.41, 5.74) is -0.504. The monoisotopic (exact) mass is 416 g/mol. The van der Waals surface area contributed by atoms with Crippen LogP contribution in [0.25, 0.3) is 22.3 Å². The summed E-state index contributed by atoms with van der Waals surface area (Å²) in [5.74, 6) is -1.26. The first-order valence-electron chi connectivity index (χ1n) is 9.25. The van der Waals surface area contributed by atoms with Gasteiger partial charge in [-0.3, -0.25) is 4.79 Å². The lowest BCUT2D eigenvalue weighted by Crippen LogP contribution is -2.50. The Labute approximate surface area is 170 Å². The predicted molar refractivity (Wildman–Crippen MR) is 105 cm³/mol. The van der Waals surface area contributed by atoms with E-state index in [2.05, 4.69) is 0 Å². The van der Waals surface area contributed by atoms with Gasteiger partial charge in [0.25, 0.3) is 0 Å². The fourth-order valence-electron chi connectivity index (χ4n) is 3.42. The van der Waals surface area contributed by atoms with Gasteiger partial charge in [-0.25, -0.2) is 0 Å². The lowest BCUT2D eigenvalue weighted by molar-refractivity contribution is -0.231. The van der Waals surface area contributed by atoms with Crippen LogP contribution in [0, 0.1) is 0 Å². The van der Waals surface area contributed by atoms with Crippen LogP contribution in [0.15, 0.2) is 45.6 Å². The summed E-state index contributed by atoms with van der Waals surface area (Å²) in [4.78, 5) is 13.2. The van der Waals surface area contributed by atoms with Crippen molar-refractivity contribution in [2.75, 3.05) is 0 Å². The molecule has 30 heavy (non-hydrogen) atoms. The highest BCUT2D eigenvalue weighted by Crippen LogP contribution is 2.37. The van der Waals surface area contributed by atoms with E-state index in [1.807, 2.05) is 0 Å². The zero-order chi connectivity index (χ0) is 21.6. The largest absolute Gasteiger partial charge is 0.508 e. The highest BCUT2D eigenvalue weighted by molar-refractivity contribution is 5.88. The van der Waals surface area contributed by atoms with Crippen molar-refractivity contribution < 1.29 is 39.4 Å². The molecule has 1 aliphatic heterocycles. The topological polar surface area (TPSA) is 150 Å². The van der Waals surface area contributed by atoms with Crippen LogP contribution < -0.4 is 10.2 Å². The molecule has 4 atom stereocenters. The second-order valence-electron chi connectivity index (χ2n) is 7.20. The van der Waals surface area contributed by atoms with E-state index in [1.165, 1.54) is 30.3 Å². The van der Waals surface area contributed by atoms with Crippen LogP contribution in [0.1, 0.15) is 13.3 Å². The molecule has 5 N–H and O–H groups in total. The number of phenols is 3. The number of ether oxygens (including phenoxy) is 2. The number of phenolic OH excluding ortho intramolecular Hbond substituents is 3. The fourth-order valence-corrected chi connectivity index (χ4v) is 3.42. The van der Waals surface area contributed by atoms with Gasteiger partial charge in [0.15, 0.2) is 5.76 Å². The lowest BCUT2D eigenvalue weighted by Gasteiger charge is -2.35. The summed E-state index contributed by atoms with van der Waals surface area (Å²) in [6, 6.07) is 7.86. The summed E-state index contributed by atoms with van der Waals surface area (Å²) in [7, 11) is 0. The van der Waals surface area contributed by atoms with E-state index in [4.69, 9.17) is 13.9 Å². The van der Waals surface area contributed by atoms with Gasteiger partial charge >= 0.3 is 0 Å². The lowest BCUT2D eigenvalue weighted by atomic mass is 10.0. The molecule has 0 amide bonds. The third-order valence-electron chi connectivity index (χ3n) is 4.89. The van der Waals surface area contributed by atoms with Crippen molar-refractivity contribution in [3.05, 3.63) is 46.6 Å². The maximum absolute atomic E-state index is 13.2. The molecule has 0 bridgehead atoms. The summed E-state index contributed by atoms with van der Waals surface area (Å²) >= 11 is 0. The van der Waals surface area contributed by atoms with Gasteiger partial charge in [0, 0.05) is 24.1 Å². The molecule has 0 saturated carbocycles. The summed E-state index contributed by atoms with van der Waals surface area (Å²) in [5, 5.41) is 49.5. The third-order valence-corrected chi connectivity index (χ3v) is 4.89. The first-order chi connectivity index (χ1) is 14.2. The van der Waals surface area contributed by atoms with Crippen LogP contribution in [0.5, 0.6) is 23.0 Å². The van der Waals surface area contributed by atoms with Gasteiger partial charge in [0.2, 0.25) is 17.5 Å². The average molecular weight is 416 g/mol. The highest BCUT2D eigenvalue weighted by Gasteiger charge is 2.38. The molecule has 1 saturated heterocycles. The Morgan fingerprint density at radius 1 is 1.03 bits per heavy atom. The number of fused-ring (bicyclic) bond motifs is 1. The van der Waals surface area contributed by atoms with Gasteiger partial charge in [-0.1, -0.05) is 0 Å². The van der Waals surface area contributed by atoms with Gasteiger partial charge in [-0.2, -0.15) is 0 Å². The van der Waals surface area contributed by atoms with Gasteiger partial charge < -0.3 is 39.4 Å². The molecule has 2 aromatic carbocycles. The number of rotatable bonds is 3. The van der Waals surface area contributed by atoms with Crippen molar-refractivity contribution in [2.24, 2.45) is 0 Å². The van der Waals surface area contributed by atoms with Crippen molar-refractivity contribution in [1.82, 2.24) is 0 Å².